The molecule has 0 saturated carbocycles. The van der Waals surface area contributed by atoms with Crippen LogP contribution in [0.1, 0.15) is 17.5 Å². The summed E-state index contributed by atoms with van der Waals surface area (Å²) in [6, 6.07) is 13.6. The van der Waals surface area contributed by atoms with Crippen LogP contribution >= 0.6 is 11.8 Å². The first-order valence-corrected chi connectivity index (χ1v) is 10.3. The summed E-state index contributed by atoms with van der Waals surface area (Å²) in [4.78, 5) is 19.7. The number of hydrogen-bond donors (Lipinski definition) is 0. The molecule has 0 atom stereocenters. The fourth-order valence-corrected chi connectivity index (χ4v) is 4.23. The van der Waals surface area contributed by atoms with Crippen LogP contribution in [0.3, 0.4) is 0 Å². The number of furan rings is 1. The summed E-state index contributed by atoms with van der Waals surface area (Å²) in [5.41, 5.74) is 3.62. The van der Waals surface area contributed by atoms with Crippen LogP contribution in [0.15, 0.2) is 58.1 Å². The highest BCUT2D eigenvalue weighted by atomic mass is 32.2. The molecule has 1 saturated heterocycles. The van der Waals surface area contributed by atoms with Crippen LogP contribution in [0, 0.1) is 6.92 Å². The van der Waals surface area contributed by atoms with E-state index in [1.54, 1.807) is 25.1 Å². The van der Waals surface area contributed by atoms with Crippen LogP contribution in [0.4, 0.5) is 5.69 Å². The Morgan fingerprint density at radius 3 is 2.96 bits per heavy atom. The zero-order chi connectivity index (χ0) is 19.5. The van der Waals surface area contributed by atoms with E-state index < -0.39 is 0 Å². The fourth-order valence-electron chi connectivity index (χ4n) is 3.26. The number of amides is 1. The predicted molar refractivity (Wildman–Crippen MR) is 114 cm³/mol. The maximum absolute atomic E-state index is 13.1. The van der Waals surface area contributed by atoms with Gasteiger partial charge in [0, 0.05) is 29.3 Å². The summed E-state index contributed by atoms with van der Waals surface area (Å²) in [7, 11) is 1.62. The van der Waals surface area contributed by atoms with Crippen molar-refractivity contribution in [1.82, 2.24) is 4.90 Å². The molecule has 0 unspecified atom stereocenters. The Balaban J connectivity index is 1.58. The number of methoxy groups -OCH3 is 1. The molecule has 0 spiro atoms. The third-order valence-electron chi connectivity index (χ3n) is 4.83. The number of carbonyl (C=O) groups is 1. The Morgan fingerprint density at radius 1 is 1.29 bits per heavy atom. The highest BCUT2D eigenvalue weighted by Gasteiger charge is 2.25. The van der Waals surface area contributed by atoms with Crippen molar-refractivity contribution in [3.8, 4) is 5.75 Å². The lowest BCUT2D eigenvalue weighted by molar-refractivity contribution is -0.126. The fraction of sp³-hybridized carbons (Fsp3) is 0.273. The van der Waals surface area contributed by atoms with Gasteiger partial charge in [-0.05, 0) is 37.1 Å². The van der Waals surface area contributed by atoms with Gasteiger partial charge >= 0.3 is 0 Å². The minimum absolute atomic E-state index is 0.0399. The van der Waals surface area contributed by atoms with E-state index in [0.717, 1.165) is 50.9 Å². The second kappa shape index (κ2) is 8.10. The van der Waals surface area contributed by atoms with Gasteiger partial charge in [-0.1, -0.05) is 30.0 Å². The highest BCUT2D eigenvalue weighted by molar-refractivity contribution is 8.13. The normalized spacial score (nSPS) is 15.9. The van der Waals surface area contributed by atoms with Gasteiger partial charge in [0.25, 0.3) is 0 Å². The number of fused-ring (bicyclic) bond motifs is 1. The van der Waals surface area contributed by atoms with Crippen molar-refractivity contribution in [2.45, 2.75) is 19.8 Å². The van der Waals surface area contributed by atoms with Crippen LogP contribution in [0.2, 0.25) is 0 Å². The van der Waals surface area contributed by atoms with Gasteiger partial charge in [-0.25, -0.2) is 4.99 Å². The Kier molecular flexibility index (Phi) is 5.39. The zero-order valence-electron chi connectivity index (χ0n) is 16.0. The SMILES string of the molecule is COc1ccc2c(CC(=O)N3CCCSC3=Nc3ccccc3C)coc2c1. The molecule has 1 aliphatic heterocycles. The topological polar surface area (TPSA) is 55.0 Å². The van der Waals surface area contributed by atoms with Gasteiger partial charge in [0.15, 0.2) is 5.17 Å². The Hall–Kier alpha value is -2.73. The number of benzene rings is 2. The molecule has 0 N–H and O–H groups in total. The first kappa shape index (κ1) is 18.6. The molecule has 1 fully saturated rings. The molecule has 2 aromatic carbocycles. The van der Waals surface area contributed by atoms with Crippen LogP contribution in [0.5, 0.6) is 5.75 Å². The van der Waals surface area contributed by atoms with Gasteiger partial charge in [0.1, 0.15) is 11.3 Å². The Morgan fingerprint density at radius 2 is 2.14 bits per heavy atom. The van der Waals surface area contributed by atoms with Crippen LogP contribution in [-0.4, -0.2) is 35.4 Å². The van der Waals surface area contributed by atoms with Gasteiger partial charge in [0.05, 0.1) is 25.5 Å². The average Bonchev–Trinajstić information content (AvgIpc) is 3.12. The van der Waals surface area contributed by atoms with E-state index in [4.69, 9.17) is 14.1 Å². The van der Waals surface area contributed by atoms with Crippen molar-refractivity contribution < 1.29 is 13.9 Å². The Bertz CT molecular complexity index is 1040. The molecule has 28 heavy (non-hydrogen) atoms. The summed E-state index contributed by atoms with van der Waals surface area (Å²) < 4.78 is 10.9. The second-order valence-electron chi connectivity index (χ2n) is 6.73. The number of thioether (sulfide) groups is 1. The first-order valence-electron chi connectivity index (χ1n) is 9.27. The standard InChI is InChI=1S/C22H22N2O3S/c1-15-6-3-4-7-19(15)23-22-24(10-5-11-28-22)21(25)12-16-14-27-20-13-17(26-2)8-9-18(16)20/h3-4,6-9,13-14H,5,10-12H2,1-2H3. The molecule has 1 aliphatic rings. The quantitative estimate of drug-likeness (QED) is 0.629. The van der Waals surface area contributed by atoms with E-state index in [2.05, 4.69) is 0 Å². The number of rotatable bonds is 4. The second-order valence-corrected chi connectivity index (χ2v) is 7.79. The molecule has 1 amide bonds. The van der Waals surface area contributed by atoms with E-state index in [9.17, 15) is 4.79 Å². The molecule has 144 valence electrons. The molecule has 2 heterocycles. The minimum atomic E-state index is 0.0399. The number of carbonyl (C=O) groups excluding carboxylic acids is 1. The summed E-state index contributed by atoms with van der Waals surface area (Å²) in [5.74, 6) is 1.75. The molecule has 0 radical (unpaired) electrons. The lowest BCUT2D eigenvalue weighted by Crippen LogP contribution is -2.40. The molecule has 0 aliphatic carbocycles. The third kappa shape index (κ3) is 3.78. The van der Waals surface area contributed by atoms with Gasteiger partial charge in [-0.2, -0.15) is 0 Å². The number of aliphatic imine (C=N–C) groups is 1. The lowest BCUT2D eigenvalue weighted by atomic mass is 10.1. The van der Waals surface area contributed by atoms with Crippen molar-refractivity contribution in [1.29, 1.82) is 0 Å². The highest BCUT2D eigenvalue weighted by Crippen LogP contribution is 2.28. The number of hydrogen-bond acceptors (Lipinski definition) is 5. The maximum atomic E-state index is 13.1. The van der Waals surface area contributed by atoms with Crippen molar-refractivity contribution in [3.63, 3.8) is 0 Å². The van der Waals surface area contributed by atoms with Crippen LogP contribution in [-0.2, 0) is 11.2 Å². The van der Waals surface area contributed by atoms with Crippen molar-refractivity contribution in [2.24, 2.45) is 4.99 Å². The predicted octanol–water partition coefficient (Wildman–Crippen LogP) is 4.95. The molecule has 1 aromatic heterocycles. The summed E-state index contributed by atoms with van der Waals surface area (Å²) >= 11 is 1.64. The Labute approximate surface area is 168 Å². The number of nitrogens with zero attached hydrogens (tertiary/aromatic N) is 2. The van der Waals surface area contributed by atoms with Gasteiger partial charge in [-0.3, -0.25) is 9.69 Å². The number of aryl methyl sites for hydroxylation is 1. The molecule has 6 heteroatoms. The van der Waals surface area contributed by atoms with Crippen molar-refractivity contribution in [3.05, 3.63) is 59.9 Å². The summed E-state index contributed by atoms with van der Waals surface area (Å²) in [5, 5.41) is 1.72. The molecular formula is C22H22N2O3S. The summed E-state index contributed by atoms with van der Waals surface area (Å²) in [6.07, 6.45) is 2.91. The van der Waals surface area contributed by atoms with E-state index in [1.807, 2.05) is 54.3 Å². The minimum Gasteiger partial charge on any atom is -0.497 e. The maximum Gasteiger partial charge on any atom is 0.233 e. The van der Waals surface area contributed by atoms with Gasteiger partial charge in [-0.15, -0.1) is 0 Å². The molecule has 0 bridgehead atoms. The van der Waals surface area contributed by atoms with E-state index in [0.29, 0.717) is 6.54 Å². The number of amidine groups is 1. The number of para-hydroxylation sites is 1. The smallest absolute Gasteiger partial charge is 0.233 e. The van der Waals surface area contributed by atoms with Crippen LogP contribution in [0.25, 0.3) is 11.0 Å². The van der Waals surface area contributed by atoms with Gasteiger partial charge in [0.2, 0.25) is 5.91 Å². The van der Waals surface area contributed by atoms with Crippen LogP contribution < -0.4 is 4.74 Å². The van der Waals surface area contributed by atoms with E-state index in [1.165, 1.54) is 0 Å². The van der Waals surface area contributed by atoms with Crippen molar-refractivity contribution in [2.75, 3.05) is 19.4 Å². The largest absolute Gasteiger partial charge is 0.497 e. The van der Waals surface area contributed by atoms with E-state index in [-0.39, 0.29) is 12.3 Å². The monoisotopic (exact) mass is 394 g/mol. The average molecular weight is 394 g/mol. The lowest BCUT2D eigenvalue weighted by Gasteiger charge is -2.28. The zero-order valence-corrected chi connectivity index (χ0v) is 16.8. The van der Waals surface area contributed by atoms with Gasteiger partial charge < -0.3 is 9.15 Å². The first-order chi connectivity index (χ1) is 13.7. The molecule has 3 aromatic rings. The number of ether oxygens (including phenoxy) is 1. The molecular weight excluding hydrogens is 372 g/mol. The third-order valence-corrected chi connectivity index (χ3v) is 5.89. The molecule has 4 rings (SSSR count). The molecule has 5 nitrogen and oxygen atoms in total. The van der Waals surface area contributed by atoms with Crippen molar-refractivity contribution >= 4 is 39.5 Å². The van der Waals surface area contributed by atoms with E-state index >= 15 is 0 Å². The summed E-state index contributed by atoms with van der Waals surface area (Å²) in [6.45, 7) is 2.73.